The third-order valence-electron chi connectivity index (χ3n) is 3.35. The average Bonchev–Trinajstić information content (AvgIpc) is 2.87. The Balaban J connectivity index is 2.10. The van der Waals surface area contributed by atoms with Crippen molar-refractivity contribution in [2.45, 2.75) is 32.2 Å². The molecule has 0 aromatic carbocycles. The number of hydrogen-bond donors (Lipinski definition) is 1. The van der Waals surface area contributed by atoms with E-state index in [0.717, 1.165) is 30.5 Å². The van der Waals surface area contributed by atoms with E-state index in [0.29, 0.717) is 5.52 Å². The zero-order valence-corrected chi connectivity index (χ0v) is 9.80. The molecule has 0 saturated carbocycles. The van der Waals surface area contributed by atoms with Gasteiger partial charge in [0, 0.05) is 24.5 Å². The van der Waals surface area contributed by atoms with Gasteiger partial charge in [0.15, 0.2) is 0 Å². The highest BCUT2D eigenvalue weighted by Crippen LogP contribution is 2.23. The first-order valence-corrected chi connectivity index (χ1v) is 5.98. The van der Waals surface area contributed by atoms with Crippen LogP contribution in [0.15, 0.2) is 17.2 Å². The minimum absolute atomic E-state index is 0.0492. The topological polar surface area (TPSA) is 76.6 Å². The molecule has 0 radical (unpaired) electrons. The SMILES string of the molecule is O=C(O)CCn1ccn2nc3c(c2c1=O)CCC3. The third kappa shape index (κ3) is 1.61. The fraction of sp³-hybridized carbons (Fsp3) is 0.417. The lowest BCUT2D eigenvalue weighted by atomic mass is 10.2. The number of carbonyl (C=O) groups is 1. The second-order valence-corrected chi connectivity index (χ2v) is 4.51. The number of aromatic nitrogens is 3. The lowest BCUT2D eigenvalue weighted by Gasteiger charge is -2.04. The maximum atomic E-state index is 12.3. The zero-order chi connectivity index (χ0) is 12.7. The highest BCUT2D eigenvalue weighted by molar-refractivity contribution is 5.66. The van der Waals surface area contributed by atoms with Gasteiger partial charge < -0.3 is 9.67 Å². The largest absolute Gasteiger partial charge is 0.481 e. The lowest BCUT2D eigenvalue weighted by molar-refractivity contribution is -0.137. The Kier molecular flexibility index (Phi) is 2.43. The standard InChI is InChI=1S/C12H13N3O3/c16-10(17)4-5-14-6-7-15-11(12(14)18)8-2-1-3-9(8)13-15/h6-7H,1-5H2,(H,16,17). The molecular formula is C12H13N3O3. The van der Waals surface area contributed by atoms with Gasteiger partial charge in [0.2, 0.25) is 0 Å². The van der Waals surface area contributed by atoms with Crippen molar-refractivity contribution in [1.29, 1.82) is 0 Å². The minimum atomic E-state index is -0.902. The molecule has 3 rings (SSSR count). The van der Waals surface area contributed by atoms with Crippen LogP contribution in [0.1, 0.15) is 24.1 Å². The van der Waals surface area contributed by atoms with Crippen LogP contribution in [0, 0.1) is 0 Å². The molecule has 1 aliphatic rings. The number of fused-ring (bicyclic) bond motifs is 3. The van der Waals surface area contributed by atoms with Crippen molar-refractivity contribution in [3.05, 3.63) is 34.0 Å². The van der Waals surface area contributed by atoms with E-state index in [1.807, 2.05) is 0 Å². The second-order valence-electron chi connectivity index (χ2n) is 4.51. The van der Waals surface area contributed by atoms with Gasteiger partial charge in [-0.2, -0.15) is 5.10 Å². The van der Waals surface area contributed by atoms with E-state index in [2.05, 4.69) is 5.10 Å². The molecule has 6 nitrogen and oxygen atoms in total. The maximum Gasteiger partial charge on any atom is 0.305 e. The van der Waals surface area contributed by atoms with Crippen LogP contribution >= 0.6 is 0 Å². The quantitative estimate of drug-likeness (QED) is 0.854. The molecule has 0 atom stereocenters. The minimum Gasteiger partial charge on any atom is -0.481 e. The second kappa shape index (κ2) is 3.97. The monoisotopic (exact) mass is 247 g/mol. The smallest absolute Gasteiger partial charge is 0.305 e. The van der Waals surface area contributed by atoms with Gasteiger partial charge in [0.1, 0.15) is 5.52 Å². The molecule has 0 spiro atoms. The first-order valence-electron chi connectivity index (χ1n) is 5.98. The van der Waals surface area contributed by atoms with Gasteiger partial charge in [-0.25, -0.2) is 4.52 Å². The predicted molar refractivity (Wildman–Crippen MR) is 63.7 cm³/mol. The fourth-order valence-corrected chi connectivity index (χ4v) is 2.49. The third-order valence-corrected chi connectivity index (χ3v) is 3.35. The average molecular weight is 247 g/mol. The van der Waals surface area contributed by atoms with Crippen molar-refractivity contribution in [2.75, 3.05) is 0 Å². The summed E-state index contributed by atoms with van der Waals surface area (Å²) in [5.41, 5.74) is 2.50. The molecule has 94 valence electrons. The summed E-state index contributed by atoms with van der Waals surface area (Å²) < 4.78 is 3.06. The molecule has 1 N–H and O–H groups in total. The van der Waals surface area contributed by atoms with Crippen LogP contribution in [-0.2, 0) is 24.2 Å². The predicted octanol–water partition coefficient (Wildman–Crippen LogP) is 0.459. The van der Waals surface area contributed by atoms with Gasteiger partial charge in [0.25, 0.3) is 5.56 Å². The molecule has 0 aliphatic heterocycles. The number of rotatable bonds is 3. The molecule has 0 unspecified atom stereocenters. The number of aryl methyl sites for hydroxylation is 3. The number of nitrogens with zero attached hydrogens (tertiary/aromatic N) is 3. The van der Waals surface area contributed by atoms with Gasteiger partial charge in [0.05, 0.1) is 12.1 Å². The van der Waals surface area contributed by atoms with E-state index in [1.54, 1.807) is 16.9 Å². The van der Waals surface area contributed by atoms with E-state index >= 15 is 0 Å². The van der Waals surface area contributed by atoms with Gasteiger partial charge in [-0.1, -0.05) is 0 Å². The Labute approximate surface area is 102 Å². The highest BCUT2D eigenvalue weighted by Gasteiger charge is 2.20. The number of carboxylic acids is 1. The molecule has 0 amide bonds. The van der Waals surface area contributed by atoms with Crippen molar-refractivity contribution in [2.24, 2.45) is 0 Å². The van der Waals surface area contributed by atoms with Gasteiger partial charge in [-0.05, 0) is 19.3 Å². The van der Waals surface area contributed by atoms with Crippen molar-refractivity contribution in [3.63, 3.8) is 0 Å². The maximum absolute atomic E-state index is 12.3. The Morgan fingerprint density at radius 2 is 2.22 bits per heavy atom. The summed E-state index contributed by atoms with van der Waals surface area (Å²) in [6, 6.07) is 0. The van der Waals surface area contributed by atoms with Crippen LogP contribution < -0.4 is 5.56 Å². The molecule has 2 heterocycles. The Bertz CT molecular complexity index is 684. The van der Waals surface area contributed by atoms with Crippen LogP contribution in [-0.4, -0.2) is 25.3 Å². The molecule has 0 saturated heterocycles. The number of aliphatic carboxylic acids is 1. The summed E-state index contributed by atoms with van der Waals surface area (Å²) in [7, 11) is 0. The summed E-state index contributed by atoms with van der Waals surface area (Å²) in [5.74, 6) is -0.902. The van der Waals surface area contributed by atoms with Crippen LogP contribution in [0.25, 0.3) is 5.52 Å². The Morgan fingerprint density at radius 3 is 3.00 bits per heavy atom. The molecule has 2 aromatic rings. The lowest BCUT2D eigenvalue weighted by Crippen LogP contribution is -2.23. The van der Waals surface area contributed by atoms with Crippen molar-refractivity contribution < 1.29 is 9.90 Å². The van der Waals surface area contributed by atoms with Crippen molar-refractivity contribution >= 4 is 11.5 Å². The van der Waals surface area contributed by atoms with Crippen LogP contribution in [0.3, 0.4) is 0 Å². The number of hydrogen-bond acceptors (Lipinski definition) is 3. The first-order chi connectivity index (χ1) is 8.66. The van der Waals surface area contributed by atoms with Gasteiger partial charge in [-0.3, -0.25) is 9.59 Å². The molecule has 0 fully saturated rings. The number of carboxylic acid groups (broad SMARTS) is 1. The van der Waals surface area contributed by atoms with E-state index in [-0.39, 0.29) is 18.5 Å². The molecule has 1 aliphatic carbocycles. The fourth-order valence-electron chi connectivity index (χ4n) is 2.49. The molecule has 18 heavy (non-hydrogen) atoms. The van der Waals surface area contributed by atoms with E-state index in [9.17, 15) is 9.59 Å². The van der Waals surface area contributed by atoms with Gasteiger partial charge in [-0.15, -0.1) is 0 Å². The normalized spacial score (nSPS) is 14.0. The van der Waals surface area contributed by atoms with Crippen LogP contribution in [0.4, 0.5) is 0 Å². The molecule has 2 aromatic heterocycles. The summed E-state index contributed by atoms with van der Waals surface area (Å²) >= 11 is 0. The van der Waals surface area contributed by atoms with Crippen LogP contribution in [0.5, 0.6) is 0 Å². The van der Waals surface area contributed by atoms with Crippen molar-refractivity contribution in [1.82, 2.24) is 14.2 Å². The zero-order valence-electron chi connectivity index (χ0n) is 9.80. The molecule has 6 heteroatoms. The van der Waals surface area contributed by atoms with E-state index < -0.39 is 5.97 Å². The highest BCUT2D eigenvalue weighted by atomic mass is 16.4. The summed E-state index contributed by atoms with van der Waals surface area (Å²) in [5, 5.41) is 13.0. The van der Waals surface area contributed by atoms with E-state index in [4.69, 9.17) is 5.11 Å². The Hall–Kier alpha value is -2.11. The van der Waals surface area contributed by atoms with E-state index in [1.165, 1.54) is 4.57 Å². The van der Waals surface area contributed by atoms with Crippen LogP contribution in [0.2, 0.25) is 0 Å². The summed E-state index contributed by atoms with van der Waals surface area (Å²) in [4.78, 5) is 22.8. The van der Waals surface area contributed by atoms with Crippen molar-refractivity contribution in [3.8, 4) is 0 Å². The van der Waals surface area contributed by atoms with Gasteiger partial charge >= 0.3 is 5.97 Å². The first kappa shape index (κ1) is 11.0. The summed E-state index contributed by atoms with van der Waals surface area (Å²) in [6.45, 7) is 0.199. The summed E-state index contributed by atoms with van der Waals surface area (Å²) in [6.07, 6.45) is 6.12. The molecule has 0 bridgehead atoms. The molecular weight excluding hydrogens is 234 g/mol. The Morgan fingerprint density at radius 1 is 1.39 bits per heavy atom.